The van der Waals surface area contributed by atoms with Gasteiger partial charge in [0.25, 0.3) is 0 Å². The van der Waals surface area contributed by atoms with Crippen molar-refractivity contribution in [3.63, 3.8) is 0 Å². The van der Waals surface area contributed by atoms with Crippen LogP contribution in [0.25, 0.3) is 0 Å². The minimum absolute atomic E-state index is 0.400. The Morgan fingerprint density at radius 1 is 1.13 bits per heavy atom. The number of hydrogen-bond acceptors (Lipinski definition) is 2. The van der Waals surface area contributed by atoms with E-state index in [0.29, 0.717) is 18.0 Å². The number of nitrogens with zero attached hydrogens (tertiary/aromatic N) is 2. The van der Waals surface area contributed by atoms with Crippen LogP contribution in [0.4, 0.5) is 0 Å². The SMILES string of the molecule is CN=C(NCc1cccc(C#N)c1)NCC(C)c1ccccc1. The Balaban J connectivity index is 1.85. The quantitative estimate of drug-likeness (QED) is 0.659. The summed E-state index contributed by atoms with van der Waals surface area (Å²) in [5, 5.41) is 15.5. The van der Waals surface area contributed by atoms with Crippen LogP contribution in [0, 0.1) is 11.3 Å². The van der Waals surface area contributed by atoms with Crippen LogP contribution in [0.15, 0.2) is 59.6 Å². The van der Waals surface area contributed by atoms with Crippen LogP contribution < -0.4 is 10.6 Å². The van der Waals surface area contributed by atoms with Gasteiger partial charge in [0, 0.05) is 20.1 Å². The molecular formula is C19H22N4. The summed E-state index contributed by atoms with van der Waals surface area (Å²) in [4.78, 5) is 4.24. The van der Waals surface area contributed by atoms with E-state index in [9.17, 15) is 0 Å². The van der Waals surface area contributed by atoms with Crippen molar-refractivity contribution in [3.8, 4) is 6.07 Å². The van der Waals surface area contributed by atoms with E-state index >= 15 is 0 Å². The molecule has 0 amide bonds. The third-order valence-corrected chi connectivity index (χ3v) is 3.68. The summed E-state index contributed by atoms with van der Waals surface area (Å²) in [5.74, 6) is 1.16. The van der Waals surface area contributed by atoms with Crippen molar-refractivity contribution >= 4 is 5.96 Å². The van der Waals surface area contributed by atoms with Crippen LogP contribution >= 0.6 is 0 Å². The number of nitrogens with one attached hydrogen (secondary N) is 2. The first kappa shape index (κ1) is 16.6. The molecule has 0 bridgehead atoms. The van der Waals surface area contributed by atoms with Crippen molar-refractivity contribution in [1.82, 2.24) is 10.6 Å². The molecule has 118 valence electrons. The second-order valence-corrected chi connectivity index (χ2v) is 5.43. The lowest BCUT2D eigenvalue weighted by Crippen LogP contribution is -2.38. The molecule has 0 saturated heterocycles. The first-order chi connectivity index (χ1) is 11.2. The zero-order valence-corrected chi connectivity index (χ0v) is 13.6. The largest absolute Gasteiger partial charge is 0.356 e. The number of hydrogen-bond donors (Lipinski definition) is 2. The molecule has 2 aromatic rings. The molecule has 0 fully saturated rings. The van der Waals surface area contributed by atoms with Gasteiger partial charge in [0.15, 0.2) is 5.96 Å². The number of nitriles is 1. The van der Waals surface area contributed by atoms with Crippen molar-refractivity contribution in [3.05, 3.63) is 71.3 Å². The van der Waals surface area contributed by atoms with Gasteiger partial charge in [-0.1, -0.05) is 49.4 Å². The van der Waals surface area contributed by atoms with Crippen LogP contribution in [-0.2, 0) is 6.54 Å². The van der Waals surface area contributed by atoms with E-state index in [-0.39, 0.29) is 0 Å². The number of benzene rings is 2. The van der Waals surface area contributed by atoms with Gasteiger partial charge in [-0.15, -0.1) is 0 Å². The molecule has 0 aliphatic rings. The van der Waals surface area contributed by atoms with E-state index in [2.05, 4.69) is 52.9 Å². The highest BCUT2D eigenvalue weighted by atomic mass is 15.2. The van der Waals surface area contributed by atoms with E-state index < -0.39 is 0 Å². The van der Waals surface area contributed by atoms with E-state index in [1.54, 1.807) is 13.1 Å². The second kappa shape index (κ2) is 8.60. The van der Waals surface area contributed by atoms with Gasteiger partial charge in [-0.2, -0.15) is 5.26 Å². The summed E-state index contributed by atoms with van der Waals surface area (Å²) in [6.45, 7) is 3.63. The fourth-order valence-electron chi connectivity index (χ4n) is 2.31. The van der Waals surface area contributed by atoms with Crippen molar-refractivity contribution in [1.29, 1.82) is 5.26 Å². The molecule has 1 atom stereocenters. The average molecular weight is 306 g/mol. The summed E-state index contributed by atoms with van der Waals surface area (Å²) in [6.07, 6.45) is 0. The van der Waals surface area contributed by atoms with Crippen molar-refractivity contribution in [2.75, 3.05) is 13.6 Å². The molecule has 0 heterocycles. The zero-order chi connectivity index (χ0) is 16.5. The molecule has 0 radical (unpaired) electrons. The van der Waals surface area contributed by atoms with Crippen molar-refractivity contribution < 1.29 is 0 Å². The highest BCUT2D eigenvalue weighted by Crippen LogP contribution is 2.12. The number of rotatable bonds is 5. The second-order valence-electron chi connectivity index (χ2n) is 5.43. The average Bonchev–Trinajstić information content (AvgIpc) is 2.62. The third kappa shape index (κ3) is 5.15. The highest BCUT2D eigenvalue weighted by Gasteiger charge is 2.06. The van der Waals surface area contributed by atoms with Crippen LogP contribution in [0.2, 0.25) is 0 Å². The molecule has 0 spiro atoms. The van der Waals surface area contributed by atoms with Gasteiger partial charge in [0.05, 0.1) is 11.6 Å². The molecule has 2 rings (SSSR count). The minimum Gasteiger partial charge on any atom is -0.356 e. The first-order valence-corrected chi connectivity index (χ1v) is 7.71. The van der Waals surface area contributed by atoms with Crippen molar-refractivity contribution in [2.45, 2.75) is 19.4 Å². The Kier molecular flexibility index (Phi) is 6.19. The maximum atomic E-state index is 8.93. The van der Waals surface area contributed by atoms with Gasteiger partial charge in [0.1, 0.15) is 0 Å². The van der Waals surface area contributed by atoms with Crippen LogP contribution in [0.3, 0.4) is 0 Å². The summed E-state index contributed by atoms with van der Waals surface area (Å²) in [6, 6.07) is 20.1. The van der Waals surface area contributed by atoms with E-state index in [1.165, 1.54) is 5.56 Å². The monoisotopic (exact) mass is 306 g/mol. The molecule has 0 aromatic heterocycles. The normalized spacial score (nSPS) is 12.3. The molecule has 1 unspecified atom stereocenters. The summed E-state index contributed by atoms with van der Waals surface area (Å²) >= 11 is 0. The minimum atomic E-state index is 0.400. The smallest absolute Gasteiger partial charge is 0.191 e. The number of aliphatic imine (C=N–C) groups is 1. The Hall–Kier alpha value is -2.80. The van der Waals surface area contributed by atoms with E-state index in [4.69, 9.17) is 5.26 Å². The predicted octanol–water partition coefficient (Wildman–Crippen LogP) is 3.03. The molecule has 4 nitrogen and oxygen atoms in total. The molecule has 23 heavy (non-hydrogen) atoms. The Labute approximate surface area is 137 Å². The summed E-state index contributed by atoms with van der Waals surface area (Å²) in [5.41, 5.74) is 3.03. The lowest BCUT2D eigenvalue weighted by atomic mass is 10.0. The Bertz CT molecular complexity index is 686. The molecule has 0 aliphatic heterocycles. The molecular weight excluding hydrogens is 284 g/mol. The Morgan fingerprint density at radius 2 is 1.91 bits per heavy atom. The standard InChI is InChI=1S/C19H22N4/c1-15(18-9-4-3-5-10-18)13-22-19(21-2)23-14-17-8-6-7-16(11-17)12-20/h3-11,15H,13-14H2,1-2H3,(H2,21,22,23). The van der Waals surface area contributed by atoms with Gasteiger partial charge in [-0.05, 0) is 29.2 Å². The third-order valence-electron chi connectivity index (χ3n) is 3.68. The van der Waals surface area contributed by atoms with E-state index in [0.717, 1.165) is 18.1 Å². The van der Waals surface area contributed by atoms with Gasteiger partial charge >= 0.3 is 0 Å². The lowest BCUT2D eigenvalue weighted by molar-refractivity contribution is 0.699. The van der Waals surface area contributed by atoms with Gasteiger partial charge in [-0.25, -0.2) is 0 Å². The van der Waals surface area contributed by atoms with Crippen LogP contribution in [-0.4, -0.2) is 19.6 Å². The van der Waals surface area contributed by atoms with Gasteiger partial charge in [0.2, 0.25) is 0 Å². The van der Waals surface area contributed by atoms with Crippen LogP contribution in [0.1, 0.15) is 29.5 Å². The van der Waals surface area contributed by atoms with E-state index in [1.807, 2.05) is 24.3 Å². The number of guanidine groups is 1. The fourth-order valence-corrected chi connectivity index (χ4v) is 2.31. The van der Waals surface area contributed by atoms with Crippen LogP contribution in [0.5, 0.6) is 0 Å². The fraction of sp³-hybridized carbons (Fsp3) is 0.263. The lowest BCUT2D eigenvalue weighted by Gasteiger charge is -2.16. The Morgan fingerprint density at radius 3 is 2.61 bits per heavy atom. The topological polar surface area (TPSA) is 60.2 Å². The van der Waals surface area contributed by atoms with Gasteiger partial charge < -0.3 is 10.6 Å². The summed E-state index contributed by atoms with van der Waals surface area (Å²) in [7, 11) is 1.76. The van der Waals surface area contributed by atoms with Crippen molar-refractivity contribution in [2.24, 2.45) is 4.99 Å². The molecule has 2 N–H and O–H groups in total. The molecule has 4 heteroatoms. The first-order valence-electron chi connectivity index (χ1n) is 7.71. The maximum absolute atomic E-state index is 8.93. The molecule has 0 aliphatic carbocycles. The predicted molar refractivity (Wildman–Crippen MR) is 94.2 cm³/mol. The zero-order valence-electron chi connectivity index (χ0n) is 13.6. The summed E-state index contributed by atoms with van der Waals surface area (Å²) < 4.78 is 0. The molecule has 0 saturated carbocycles. The molecule has 2 aromatic carbocycles. The highest BCUT2D eigenvalue weighted by molar-refractivity contribution is 5.79. The maximum Gasteiger partial charge on any atom is 0.191 e. The van der Waals surface area contributed by atoms with Gasteiger partial charge in [-0.3, -0.25) is 4.99 Å².